The third kappa shape index (κ3) is 5.16. The maximum absolute atomic E-state index is 6.24. The minimum Gasteiger partial charge on any atom is -0.493 e. The van der Waals surface area contributed by atoms with Crippen molar-refractivity contribution >= 4 is 40.4 Å². The molecule has 0 aliphatic carbocycles. The summed E-state index contributed by atoms with van der Waals surface area (Å²) in [6.07, 6.45) is 0. The van der Waals surface area contributed by atoms with Crippen LogP contribution in [0.2, 0.25) is 10.0 Å². The van der Waals surface area contributed by atoms with Crippen LogP contribution in [0.5, 0.6) is 11.5 Å². The zero-order valence-electron chi connectivity index (χ0n) is 15.2. The second kappa shape index (κ2) is 9.78. The number of hydrogen-bond donors (Lipinski definition) is 1. The van der Waals surface area contributed by atoms with Gasteiger partial charge in [-0.1, -0.05) is 71.8 Å². The summed E-state index contributed by atoms with van der Waals surface area (Å²) in [6, 6.07) is 20.8. The van der Waals surface area contributed by atoms with E-state index in [2.05, 4.69) is 5.32 Å². The van der Waals surface area contributed by atoms with E-state index in [9.17, 15) is 0 Å². The second-order valence-corrected chi connectivity index (χ2v) is 7.28. The summed E-state index contributed by atoms with van der Waals surface area (Å²) >= 11 is 17.8. The number of nitrogens with one attached hydrogen (secondary N) is 1. The molecule has 0 bridgehead atoms. The molecule has 0 radical (unpaired) electrons. The van der Waals surface area contributed by atoms with E-state index in [0.29, 0.717) is 39.7 Å². The van der Waals surface area contributed by atoms with Gasteiger partial charge in [0, 0.05) is 22.2 Å². The van der Waals surface area contributed by atoms with Crippen molar-refractivity contribution in [3.8, 4) is 11.5 Å². The average molecular weight is 432 g/mol. The van der Waals surface area contributed by atoms with Gasteiger partial charge < -0.3 is 14.8 Å². The van der Waals surface area contributed by atoms with Crippen LogP contribution in [0.25, 0.3) is 0 Å². The predicted octanol–water partition coefficient (Wildman–Crippen LogP) is 6.05. The number of rotatable bonds is 7. The standard InChI is InChI=1S/C22H19Cl2NO2S/c1-26-20-8-4-6-18(21(20)27-14-16-5-2-3-7-19(16)24)22(28)25-13-15-9-11-17(23)12-10-15/h2-12H,13-14H2,1H3,(H,25,28). The van der Waals surface area contributed by atoms with Crippen molar-refractivity contribution in [1.82, 2.24) is 5.32 Å². The Bertz CT molecular complexity index is 961. The lowest BCUT2D eigenvalue weighted by Gasteiger charge is -2.17. The summed E-state index contributed by atoms with van der Waals surface area (Å²) in [6.45, 7) is 0.893. The fourth-order valence-electron chi connectivity index (χ4n) is 2.65. The highest BCUT2D eigenvalue weighted by Gasteiger charge is 2.15. The van der Waals surface area contributed by atoms with Gasteiger partial charge in [0.2, 0.25) is 0 Å². The number of halogens is 2. The summed E-state index contributed by atoms with van der Waals surface area (Å²) in [5, 5.41) is 4.62. The molecule has 28 heavy (non-hydrogen) atoms. The van der Waals surface area contributed by atoms with E-state index in [0.717, 1.165) is 16.7 Å². The minimum atomic E-state index is 0.312. The maximum Gasteiger partial charge on any atom is 0.171 e. The van der Waals surface area contributed by atoms with Gasteiger partial charge in [0.15, 0.2) is 11.5 Å². The first-order chi connectivity index (χ1) is 13.6. The summed E-state index contributed by atoms with van der Waals surface area (Å²) < 4.78 is 11.5. The first-order valence-electron chi connectivity index (χ1n) is 8.64. The predicted molar refractivity (Wildman–Crippen MR) is 119 cm³/mol. The molecule has 0 saturated heterocycles. The highest BCUT2D eigenvalue weighted by atomic mass is 35.5. The molecule has 0 saturated carbocycles. The quantitative estimate of drug-likeness (QED) is 0.461. The van der Waals surface area contributed by atoms with Crippen molar-refractivity contribution in [2.24, 2.45) is 0 Å². The monoisotopic (exact) mass is 431 g/mol. The van der Waals surface area contributed by atoms with Crippen molar-refractivity contribution in [1.29, 1.82) is 0 Å². The molecule has 144 valence electrons. The Kier molecular flexibility index (Phi) is 7.15. The van der Waals surface area contributed by atoms with E-state index in [1.54, 1.807) is 7.11 Å². The molecule has 0 aliphatic heterocycles. The number of para-hydroxylation sites is 1. The molecule has 1 N–H and O–H groups in total. The Labute approximate surface area is 180 Å². The van der Waals surface area contributed by atoms with Gasteiger partial charge in [-0.15, -0.1) is 0 Å². The minimum absolute atomic E-state index is 0.312. The lowest BCUT2D eigenvalue weighted by Crippen LogP contribution is -2.22. The van der Waals surface area contributed by atoms with E-state index in [1.807, 2.05) is 66.7 Å². The highest BCUT2D eigenvalue weighted by molar-refractivity contribution is 7.80. The van der Waals surface area contributed by atoms with Crippen LogP contribution in [0.4, 0.5) is 0 Å². The first-order valence-corrected chi connectivity index (χ1v) is 9.80. The molecule has 3 rings (SSSR count). The van der Waals surface area contributed by atoms with Crippen molar-refractivity contribution in [3.05, 3.63) is 93.5 Å². The van der Waals surface area contributed by atoms with Gasteiger partial charge in [-0.2, -0.15) is 0 Å². The van der Waals surface area contributed by atoms with E-state index >= 15 is 0 Å². The number of hydrogen-bond acceptors (Lipinski definition) is 3. The first kappa shape index (κ1) is 20.5. The molecule has 0 fully saturated rings. The molecular formula is C22H19Cl2NO2S. The summed E-state index contributed by atoms with van der Waals surface area (Å²) in [7, 11) is 1.60. The van der Waals surface area contributed by atoms with Crippen molar-refractivity contribution in [2.45, 2.75) is 13.2 Å². The zero-order chi connectivity index (χ0) is 19.9. The van der Waals surface area contributed by atoms with Gasteiger partial charge in [-0.25, -0.2) is 0 Å². The van der Waals surface area contributed by atoms with Crippen LogP contribution in [0.3, 0.4) is 0 Å². The molecule has 0 amide bonds. The van der Waals surface area contributed by atoms with E-state index in [1.165, 1.54) is 0 Å². The highest BCUT2D eigenvalue weighted by Crippen LogP contribution is 2.32. The third-order valence-corrected chi connectivity index (χ3v) is 5.12. The molecule has 0 unspecified atom stereocenters. The number of benzene rings is 3. The van der Waals surface area contributed by atoms with Gasteiger partial charge in [0.25, 0.3) is 0 Å². The molecule has 0 heterocycles. The molecule has 3 aromatic rings. The van der Waals surface area contributed by atoms with Crippen molar-refractivity contribution in [3.63, 3.8) is 0 Å². The largest absolute Gasteiger partial charge is 0.493 e. The SMILES string of the molecule is COc1cccc(C(=S)NCc2ccc(Cl)cc2)c1OCc1ccccc1Cl. The molecule has 0 atom stereocenters. The third-order valence-electron chi connectivity index (χ3n) is 4.14. The summed E-state index contributed by atoms with van der Waals surface area (Å²) in [5.41, 5.74) is 2.73. The smallest absolute Gasteiger partial charge is 0.171 e. The van der Waals surface area contributed by atoms with Gasteiger partial charge in [-0.3, -0.25) is 0 Å². The molecule has 0 aliphatic rings. The fraction of sp³-hybridized carbons (Fsp3) is 0.136. The van der Waals surface area contributed by atoms with Gasteiger partial charge in [-0.05, 0) is 35.9 Å². The Morgan fingerprint density at radius 2 is 1.71 bits per heavy atom. The zero-order valence-corrected chi connectivity index (χ0v) is 17.6. The van der Waals surface area contributed by atoms with Crippen molar-refractivity contribution < 1.29 is 9.47 Å². The molecule has 0 aromatic heterocycles. The van der Waals surface area contributed by atoms with Crippen LogP contribution >= 0.6 is 35.4 Å². The van der Waals surface area contributed by atoms with Crippen molar-refractivity contribution in [2.75, 3.05) is 7.11 Å². The average Bonchev–Trinajstić information content (AvgIpc) is 2.72. The van der Waals surface area contributed by atoms with Gasteiger partial charge in [0.05, 0.1) is 12.7 Å². The second-order valence-electron chi connectivity index (χ2n) is 6.03. The molecule has 3 nitrogen and oxygen atoms in total. The van der Waals surface area contributed by atoms with Crippen LogP contribution in [0, 0.1) is 0 Å². The number of methoxy groups -OCH3 is 1. The van der Waals surface area contributed by atoms with E-state index in [4.69, 9.17) is 44.9 Å². The van der Waals surface area contributed by atoms with Gasteiger partial charge in [0.1, 0.15) is 11.6 Å². The number of ether oxygens (including phenoxy) is 2. The van der Waals surface area contributed by atoms with Crippen LogP contribution in [-0.2, 0) is 13.2 Å². The lowest BCUT2D eigenvalue weighted by molar-refractivity contribution is 0.284. The van der Waals surface area contributed by atoms with Gasteiger partial charge >= 0.3 is 0 Å². The fourth-order valence-corrected chi connectivity index (χ4v) is 3.20. The Hall–Kier alpha value is -2.27. The molecule has 6 heteroatoms. The lowest BCUT2D eigenvalue weighted by atomic mass is 10.1. The van der Waals surface area contributed by atoms with E-state index in [-0.39, 0.29) is 0 Å². The van der Waals surface area contributed by atoms with Crippen LogP contribution < -0.4 is 14.8 Å². The van der Waals surface area contributed by atoms with Crippen LogP contribution in [0.15, 0.2) is 66.7 Å². The molecular weight excluding hydrogens is 413 g/mol. The Balaban J connectivity index is 1.77. The Morgan fingerprint density at radius 3 is 2.43 bits per heavy atom. The van der Waals surface area contributed by atoms with Crippen LogP contribution in [0.1, 0.15) is 16.7 Å². The Morgan fingerprint density at radius 1 is 0.964 bits per heavy atom. The number of thiocarbonyl (C=S) groups is 1. The van der Waals surface area contributed by atoms with Crippen LogP contribution in [-0.4, -0.2) is 12.1 Å². The maximum atomic E-state index is 6.24. The summed E-state index contributed by atoms with van der Waals surface area (Å²) in [4.78, 5) is 0.572. The summed E-state index contributed by atoms with van der Waals surface area (Å²) in [5.74, 6) is 1.19. The topological polar surface area (TPSA) is 30.5 Å². The normalized spacial score (nSPS) is 10.4. The molecule has 0 spiro atoms. The molecule has 3 aromatic carbocycles. The van der Waals surface area contributed by atoms with E-state index < -0.39 is 0 Å².